The molecule has 2 aromatic heterocycles. The average molecular weight is 412 g/mol. The second-order valence-corrected chi connectivity index (χ2v) is 9.11. The Morgan fingerprint density at radius 2 is 1.86 bits per heavy atom. The van der Waals surface area contributed by atoms with Gasteiger partial charge in [0.15, 0.2) is 0 Å². The highest BCUT2D eigenvalue weighted by molar-refractivity contribution is 7.12. The van der Waals surface area contributed by atoms with Crippen molar-refractivity contribution in [2.75, 3.05) is 5.32 Å². The van der Waals surface area contributed by atoms with Crippen LogP contribution in [0.3, 0.4) is 0 Å². The first-order valence-corrected chi connectivity index (χ1v) is 10.2. The zero-order chi connectivity index (χ0) is 21.0. The van der Waals surface area contributed by atoms with E-state index in [1.54, 1.807) is 12.3 Å². The number of rotatable bonds is 6. The molecule has 3 aromatic rings. The highest BCUT2D eigenvalue weighted by Crippen LogP contribution is 2.29. The minimum atomic E-state index is -0.448. The van der Waals surface area contributed by atoms with Crippen molar-refractivity contribution in [1.29, 1.82) is 0 Å². The standard InChI is InChI=1S/C22H25N3O3S/c1-14-20(15-7-9-16(10-8-15)24-21(27)22(2,3)4)25-19(29-14)12-18(26)23-13-17-6-5-11-28-17/h5-11H,12-13H2,1-4H3,(H,23,26)(H,24,27). The number of nitrogens with one attached hydrogen (secondary N) is 2. The van der Waals surface area contributed by atoms with Crippen molar-refractivity contribution < 1.29 is 14.0 Å². The third kappa shape index (κ3) is 5.54. The summed E-state index contributed by atoms with van der Waals surface area (Å²) in [5, 5.41) is 6.51. The number of aromatic nitrogens is 1. The molecule has 29 heavy (non-hydrogen) atoms. The van der Waals surface area contributed by atoms with E-state index in [0.29, 0.717) is 12.3 Å². The molecule has 0 aliphatic heterocycles. The second-order valence-electron chi connectivity index (χ2n) is 7.83. The largest absolute Gasteiger partial charge is 0.467 e. The molecule has 0 bridgehead atoms. The fourth-order valence-corrected chi connectivity index (χ4v) is 3.58. The number of thiazole rings is 1. The lowest BCUT2D eigenvalue weighted by molar-refractivity contribution is -0.123. The number of furan rings is 1. The highest BCUT2D eigenvalue weighted by Gasteiger charge is 2.21. The van der Waals surface area contributed by atoms with Crippen molar-refractivity contribution in [1.82, 2.24) is 10.3 Å². The summed E-state index contributed by atoms with van der Waals surface area (Å²) in [6.07, 6.45) is 1.81. The Hall–Kier alpha value is -2.93. The summed E-state index contributed by atoms with van der Waals surface area (Å²) in [6, 6.07) is 11.2. The van der Waals surface area contributed by atoms with Crippen LogP contribution in [0.25, 0.3) is 11.3 Å². The summed E-state index contributed by atoms with van der Waals surface area (Å²) in [5.74, 6) is 0.591. The van der Waals surface area contributed by atoms with Gasteiger partial charge in [0.25, 0.3) is 0 Å². The lowest BCUT2D eigenvalue weighted by atomic mass is 9.95. The Labute approximate surface area is 174 Å². The van der Waals surface area contributed by atoms with E-state index in [4.69, 9.17) is 4.42 Å². The van der Waals surface area contributed by atoms with Gasteiger partial charge in [0.05, 0.1) is 24.9 Å². The van der Waals surface area contributed by atoms with E-state index in [0.717, 1.165) is 26.8 Å². The van der Waals surface area contributed by atoms with Crippen molar-refractivity contribution in [3.05, 3.63) is 58.3 Å². The monoisotopic (exact) mass is 411 g/mol. The molecule has 2 N–H and O–H groups in total. The Morgan fingerprint density at radius 1 is 1.14 bits per heavy atom. The molecule has 0 unspecified atom stereocenters. The van der Waals surface area contributed by atoms with Gasteiger partial charge >= 0.3 is 0 Å². The lowest BCUT2D eigenvalue weighted by Gasteiger charge is -2.17. The smallest absolute Gasteiger partial charge is 0.229 e. The number of nitrogens with zero attached hydrogens (tertiary/aromatic N) is 1. The molecule has 6 nitrogen and oxygen atoms in total. The Kier molecular flexibility index (Phi) is 6.17. The topological polar surface area (TPSA) is 84.2 Å². The number of hydrogen-bond acceptors (Lipinski definition) is 5. The molecule has 0 saturated heterocycles. The first-order valence-electron chi connectivity index (χ1n) is 9.39. The van der Waals surface area contributed by atoms with E-state index < -0.39 is 5.41 Å². The minimum absolute atomic E-state index is 0.0297. The maximum atomic E-state index is 12.2. The molecule has 7 heteroatoms. The van der Waals surface area contributed by atoms with Gasteiger partial charge in [0.2, 0.25) is 11.8 Å². The van der Waals surface area contributed by atoms with Crippen LogP contribution in [0.15, 0.2) is 47.1 Å². The van der Waals surface area contributed by atoms with Crippen LogP contribution >= 0.6 is 11.3 Å². The molecule has 3 rings (SSSR count). The van der Waals surface area contributed by atoms with Crippen molar-refractivity contribution in [3.8, 4) is 11.3 Å². The second kappa shape index (κ2) is 8.61. The van der Waals surface area contributed by atoms with Crippen LogP contribution in [0.4, 0.5) is 5.69 Å². The van der Waals surface area contributed by atoms with E-state index in [1.807, 2.05) is 58.0 Å². The number of anilines is 1. The summed E-state index contributed by atoms with van der Waals surface area (Å²) in [5.41, 5.74) is 2.11. The fraction of sp³-hybridized carbons (Fsp3) is 0.318. The first kappa shape index (κ1) is 20.8. The van der Waals surface area contributed by atoms with Crippen LogP contribution < -0.4 is 10.6 Å². The SMILES string of the molecule is Cc1sc(CC(=O)NCc2ccco2)nc1-c1ccc(NC(=O)C(C)(C)C)cc1. The van der Waals surface area contributed by atoms with E-state index in [1.165, 1.54) is 11.3 Å². The van der Waals surface area contributed by atoms with Gasteiger partial charge in [-0.15, -0.1) is 11.3 Å². The molecule has 2 heterocycles. The van der Waals surface area contributed by atoms with Crippen molar-refractivity contribution >= 4 is 28.8 Å². The predicted octanol–water partition coefficient (Wildman–Crippen LogP) is 4.56. The van der Waals surface area contributed by atoms with Crippen LogP contribution in [-0.4, -0.2) is 16.8 Å². The van der Waals surface area contributed by atoms with Crippen LogP contribution in [-0.2, 0) is 22.6 Å². The van der Waals surface area contributed by atoms with E-state index in [9.17, 15) is 9.59 Å². The normalized spacial score (nSPS) is 11.3. The minimum Gasteiger partial charge on any atom is -0.467 e. The molecule has 0 aliphatic carbocycles. The van der Waals surface area contributed by atoms with Crippen LogP contribution in [0, 0.1) is 12.3 Å². The van der Waals surface area contributed by atoms with Crippen LogP contribution in [0.5, 0.6) is 0 Å². The molecule has 0 atom stereocenters. The van der Waals surface area contributed by atoms with Gasteiger partial charge in [-0.25, -0.2) is 4.98 Å². The third-order valence-corrected chi connectivity index (χ3v) is 5.26. The summed E-state index contributed by atoms with van der Waals surface area (Å²) < 4.78 is 5.21. The molecule has 0 fully saturated rings. The summed E-state index contributed by atoms with van der Waals surface area (Å²) in [4.78, 5) is 30.0. The van der Waals surface area contributed by atoms with Gasteiger partial charge in [-0.05, 0) is 31.2 Å². The zero-order valence-corrected chi connectivity index (χ0v) is 17.9. The van der Waals surface area contributed by atoms with Crippen molar-refractivity contribution in [3.63, 3.8) is 0 Å². The number of benzene rings is 1. The van der Waals surface area contributed by atoms with Gasteiger partial charge in [-0.1, -0.05) is 32.9 Å². The molecular formula is C22H25N3O3S. The maximum absolute atomic E-state index is 12.2. The Morgan fingerprint density at radius 3 is 2.48 bits per heavy atom. The van der Waals surface area contributed by atoms with Gasteiger partial charge in [0, 0.05) is 21.5 Å². The average Bonchev–Trinajstić information content (AvgIpc) is 3.29. The predicted molar refractivity (Wildman–Crippen MR) is 115 cm³/mol. The van der Waals surface area contributed by atoms with Crippen molar-refractivity contribution in [2.45, 2.75) is 40.7 Å². The lowest BCUT2D eigenvalue weighted by Crippen LogP contribution is -2.27. The highest BCUT2D eigenvalue weighted by atomic mass is 32.1. The molecule has 152 valence electrons. The maximum Gasteiger partial charge on any atom is 0.229 e. The Balaban J connectivity index is 1.63. The van der Waals surface area contributed by atoms with Gasteiger partial charge in [0.1, 0.15) is 10.8 Å². The van der Waals surface area contributed by atoms with Crippen LogP contribution in [0.2, 0.25) is 0 Å². The number of hydrogen-bond donors (Lipinski definition) is 2. The van der Waals surface area contributed by atoms with E-state index in [2.05, 4.69) is 15.6 Å². The van der Waals surface area contributed by atoms with E-state index >= 15 is 0 Å². The molecule has 0 saturated carbocycles. The van der Waals surface area contributed by atoms with Gasteiger partial charge in [-0.3, -0.25) is 9.59 Å². The molecular weight excluding hydrogens is 386 g/mol. The molecule has 1 aromatic carbocycles. The molecule has 0 spiro atoms. The number of carbonyl (C=O) groups is 2. The van der Waals surface area contributed by atoms with E-state index in [-0.39, 0.29) is 18.2 Å². The number of amides is 2. The van der Waals surface area contributed by atoms with Gasteiger partial charge < -0.3 is 15.1 Å². The Bertz CT molecular complexity index is 983. The summed E-state index contributed by atoms with van der Waals surface area (Å²) in [7, 11) is 0. The molecule has 2 amide bonds. The summed E-state index contributed by atoms with van der Waals surface area (Å²) >= 11 is 1.51. The first-order chi connectivity index (χ1) is 13.7. The number of carbonyl (C=O) groups excluding carboxylic acids is 2. The number of aryl methyl sites for hydroxylation is 1. The summed E-state index contributed by atoms with van der Waals surface area (Å²) in [6.45, 7) is 7.99. The molecule has 0 aliphatic rings. The van der Waals surface area contributed by atoms with Gasteiger partial charge in [-0.2, -0.15) is 0 Å². The third-order valence-electron chi connectivity index (χ3n) is 4.29. The molecule has 0 radical (unpaired) electrons. The van der Waals surface area contributed by atoms with Crippen molar-refractivity contribution in [2.24, 2.45) is 5.41 Å². The fourth-order valence-electron chi connectivity index (χ4n) is 2.62. The van der Waals surface area contributed by atoms with Crippen LogP contribution in [0.1, 0.15) is 36.4 Å². The zero-order valence-electron chi connectivity index (χ0n) is 17.0. The quantitative estimate of drug-likeness (QED) is 0.623.